The van der Waals surface area contributed by atoms with E-state index in [9.17, 15) is 8.42 Å². The van der Waals surface area contributed by atoms with Crippen molar-refractivity contribution in [2.24, 2.45) is 5.14 Å². The normalized spacial score (nSPS) is 11.5. The van der Waals surface area contributed by atoms with Crippen LogP contribution in [0.15, 0.2) is 88.7 Å². The van der Waals surface area contributed by atoms with E-state index < -0.39 is 10.0 Å². The SMILES string of the molecule is NS(=O)(=O)c1ccc(-c2[nH]c(CSc3ccccc3)nc2-c2ccc(Cl)cc2)cc1. The molecule has 0 aliphatic heterocycles. The lowest BCUT2D eigenvalue weighted by Crippen LogP contribution is -2.11. The van der Waals surface area contributed by atoms with Crippen molar-refractivity contribution in [3.8, 4) is 22.5 Å². The molecule has 30 heavy (non-hydrogen) atoms. The number of rotatable bonds is 6. The Hall–Kier alpha value is -2.58. The molecule has 3 aromatic carbocycles. The van der Waals surface area contributed by atoms with Crippen LogP contribution >= 0.6 is 23.4 Å². The number of nitrogens with two attached hydrogens (primary N) is 1. The van der Waals surface area contributed by atoms with Gasteiger partial charge in [0.1, 0.15) is 5.82 Å². The standard InChI is InChI=1S/C22H18ClN3O2S2/c23-17-10-6-15(7-11-17)21-22(16-8-12-19(13-9-16)30(24,27)28)26-20(25-21)14-29-18-4-2-1-3-5-18/h1-13H,14H2,(H,25,26)(H2,24,27,28). The zero-order chi connectivity index (χ0) is 21.1. The monoisotopic (exact) mass is 455 g/mol. The highest BCUT2D eigenvalue weighted by molar-refractivity contribution is 7.98. The topological polar surface area (TPSA) is 88.8 Å². The molecular weight excluding hydrogens is 438 g/mol. The van der Waals surface area contributed by atoms with E-state index in [2.05, 4.69) is 17.1 Å². The van der Waals surface area contributed by atoms with Gasteiger partial charge in [-0.3, -0.25) is 0 Å². The number of hydrogen-bond donors (Lipinski definition) is 2. The number of halogens is 1. The van der Waals surface area contributed by atoms with Gasteiger partial charge in [-0.25, -0.2) is 18.5 Å². The number of thioether (sulfide) groups is 1. The molecule has 0 atom stereocenters. The number of primary sulfonamides is 1. The number of imidazole rings is 1. The van der Waals surface area contributed by atoms with E-state index in [1.165, 1.54) is 12.1 Å². The van der Waals surface area contributed by atoms with Crippen molar-refractivity contribution < 1.29 is 8.42 Å². The quantitative estimate of drug-likeness (QED) is 0.384. The van der Waals surface area contributed by atoms with Crippen LogP contribution in [0.4, 0.5) is 0 Å². The Kier molecular flexibility index (Phi) is 5.97. The average Bonchev–Trinajstić information content (AvgIpc) is 3.17. The number of aromatic amines is 1. The summed E-state index contributed by atoms with van der Waals surface area (Å²) in [5.74, 6) is 1.49. The second-order valence-corrected chi connectivity index (χ2v) is 9.63. The number of nitrogens with zero attached hydrogens (tertiary/aromatic N) is 1. The van der Waals surface area contributed by atoms with E-state index >= 15 is 0 Å². The molecule has 5 nitrogen and oxygen atoms in total. The number of benzene rings is 3. The number of sulfonamides is 1. The van der Waals surface area contributed by atoms with Crippen LogP contribution in [0.1, 0.15) is 5.82 Å². The molecule has 0 radical (unpaired) electrons. The minimum absolute atomic E-state index is 0.0682. The summed E-state index contributed by atoms with van der Waals surface area (Å²) in [6.07, 6.45) is 0. The third kappa shape index (κ3) is 4.76. The highest BCUT2D eigenvalue weighted by Gasteiger charge is 2.16. The van der Waals surface area contributed by atoms with Crippen LogP contribution in [-0.2, 0) is 15.8 Å². The second kappa shape index (κ2) is 8.65. The molecule has 0 unspecified atom stereocenters. The fraction of sp³-hybridized carbons (Fsp3) is 0.0455. The Balaban J connectivity index is 1.71. The maximum absolute atomic E-state index is 11.6. The van der Waals surface area contributed by atoms with E-state index in [1.807, 2.05) is 42.5 Å². The first kappa shape index (κ1) is 20.7. The summed E-state index contributed by atoms with van der Waals surface area (Å²) in [5.41, 5.74) is 3.31. The molecule has 8 heteroatoms. The fourth-order valence-electron chi connectivity index (χ4n) is 3.00. The lowest BCUT2D eigenvalue weighted by atomic mass is 10.1. The Morgan fingerprint density at radius 2 is 1.53 bits per heavy atom. The average molecular weight is 456 g/mol. The molecule has 0 saturated heterocycles. The van der Waals surface area contributed by atoms with Gasteiger partial charge in [-0.1, -0.05) is 54.1 Å². The molecule has 0 amide bonds. The maximum atomic E-state index is 11.6. The lowest BCUT2D eigenvalue weighted by molar-refractivity contribution is 0.598. The zero-order valence-corrected chi connectivity index (χ0v) is 18.1. The molecule has 1 aromatic heterocycles. The molecule has 4 aromatic rings. The maximum Gasteiger partial charge on any atom is 0.238 e. The Labute approximate surface area is 184 Å². The van der Waals surface area contributed by atoms with Crippen LogP contribution < -0.4 is 5.14 Å². The van der Waals surface area contributed by atoms with Crippen LogP contribution in [0.5, 0.6) is 0 Å². The molecule has 0 bridgehead atoms. The number of nitrogens with one attached hydrogen (secondary N) is 1. The third-order valence-electron chi connectivity index (χ3n) is 4.46. The van der Waals surface area contributed by atoms with E-state index in [4.69, 9.17) is 21.7 Å². The number of aromatic nitrogens is 2. The van der Waals surface area contributed by atoms with Gasteiger partial charge < -0.3 is 4.98 Å². The molecule has 152 valence electrons. The minimum Gasteiger partial charge on any atom is -0.341 e. The first-order valence-corrected chi connectivity index (χ1v) is 12.0. The van der Waals surface area contributed by atoms with Crippen molar-refractivity contribution >= 4 is 33.4 Å². The van der Waals surface area contributed by atoms with Gasteiger partial charge in [0.05, 0.1) is 22.0 Å². The van der Waals surface area contributed by atoms with Crippen molar-refractivity contribution in [3.63, 3.8) is 0 Å². The van der Waals surface area contributed by atoms with Gasteiger partial charge in [0, 0.05) is 21.0 Å². The van der Waals surface area contributed by atoms with Crippen molar-refractivity contribution in [3.05, 3.63) is 89.7 Å². The molecule has 0 saturated carbocycles. The van der Waals surface area contributed by atoms with Crippen LogP contribution in [-0.4, -0.2) is 18.4 Å². The molecule has 0 fully saturated rings. The Morgan fingerprint density at radius 1 is 0.900 bits per heavy atom. The van der Waals surface area contributed by atoms with Crippen LogP contribution in [0.2, 0.25) is 5.02 Å². The zero-order valence-electron chi connectivity index (χ0n) is 15.7. The molecule has 3 N–H and O–H groups in total. The fourth-order valence-corrected chi connectivity index (χ4v) is 4.43. The van der Waals surface area contributed by atoms with E-state index in [0.29, 0.717) is 10.8 Å². The summed E-state index contributed by atoms with van der Waals surface area (Å²) in [6.45, 7) is 0. The van der Waals surface area contributed by atoms with Crippen molar-refractivity contribution in [2.75, 3.05) is 0 Å². The predicted octanol–water partition coefficient (Wildman–Crippen LogP) is 5.34. The van der Waals surface area contributed by atoms with Crippen LogP contribution in [0.25, 0.3) is 22.5 Å². The molecule has 0 aliphatic rings. The third-order valence-corrected chi connectivity index (χ3v) is 6.67. The summed E-state index contributed by atoms with van der Waals surface area (Å²) in [5, 5.41) is 5.86. The predicted molar refractivity (Wildman–Crippen MR) is 122 cm³/mol. The number of H-pyrrole nitrogens is 1. The van der Waals surface area contributed by atoms with Crippen molar-refractivity contribution in [1.29, 1.82) is 0 Å². The Morgan fingerprint density at radius 3 is 2.17 bits per heavy atom. The summed E-state index contributed by atoms with van der Waals surface area (Å²) in [6, 6.07) is 24.0. The molecule has 0 aliphatic carbocycles. The van der Waals surface area contributed by atoms with Gasteiger partial charge in [0.25, 0.3) is 0 Å². The van der Waals surface area contributed by atoms with Gasteiger partial charge in [-0.2, -0.15) is 0 Å². The largest absolute Gasteiger partial charge is 0.341 e. The van der Waals surface area contributed by atoms with Gasteiger partial charge >= 0.3 is 0 Å². The highest BCUT2D eigenvalue weighted by atomic mass is 35.5. The summed E-state index contributed by atoms with van der Waals surface area (Å²) >= 11 is 7.72. The molecule has 0 spiro atoms. The smallest absolute Gasteiger partial charge is 0.238 e. The highest BCUT2D eigenvalue weighted by Crippen LogP contribution is 2.33. The second-order valence-electron chi connectivity index (χ2n) is 6.59. The summed E-state index contributed by atoms with van der Waals surface area (Å²) < 4.78 is 23.1. The van der Waals surface area contributed by atoms with Crippen molar-refractivity contribution in [1.82, 2.24) is 9.97 Å². The van der Waals surface area contributed by atoms with Crippen LogP contribution in [0, 0.1) is 0 Å². The lowest BCUT2D eigenvalue weighted by Gasteiger charge is -2.05. The summed E-state index contributed by atoms with van der Waals surface area (Å²) in [7, 11) is -3.75. The number of hydrogen-bond acceptors (Lipinski definition) is 4. The van der Waals surface area contributed by atoms with E-state index in [0.717, 1.165) is 33.2 Å². The van der Waals surface area contributed by atoms with E-state index in [-0.39, 0.29) is 4.90 Å². The molecular formula is C22H18ClN3O2S2. The first-order valence-electron chi connectivity index (χ1n) is 9.06. The first-order chi connectivity index (χ1) is 14.4. The van der Waals surface area contributed by atoms with Gasteiger partial charge in [-0.15, -0.1) is 11.8 Å². The van der Waals surface area contributed by atoms with E-state index in [1.54, 1.807) is 23.9 Å². The van der Waals surface area contributed by atoms with Gasteiger partial charge in [0.2, 0.25) is 10.0 Å². The molecule has 4 rings (SSSR count). The van der Waals surface area contributed by atoms with Crippen molar-refractivity contribution in [2.45, 2.75) is 15.5 Å². The minimum atomic E-state index is -3.75. The Bertz CT molecular complexity index is 1250. The van der Waals surface area contributed by atoms with Gasteiger partial charge in [-0.05, 0) is 36.4 Å². The van der Waals surface area contributed by atoms with Gasteiger partial charge in [0.15, 0.2) is 0 Å². The summed E-state index contributed by atoms with van der Waals surface area (Å²) in [4.78, 5) is 9.43. The molecule has 1 heterocycles. The van der Waals surface area contributed by atoms with Crippen LogP contribution in [0.3, 0.4) is 0 Å².